The molecule has 2 aromatic carbocycles. The Balaban J connectivity index is 2.17. The average molecular weight is 544 g/mol. The van der Waals surface area contributed by atoms with Gasteiger partial charge >= 0.3 is 0 Å². The van der Waals surface area contributed by atoms with Crippen LogP contribution in [0.4, 0.5) is 5.69 Å². The summed E-state index contributed by atoms with van der Waals surface area (Å²) in [4.78, 5) is 33.5. The zero-order valence-corrected chi connectivity index (χ0v) is 21.0. The fourth-order valence-electron chi connectivity index (χ4n) is 3.51. The second-order valence-electron chi connectivity index (χ2n) is 7.92. The third kappa shape index (κ3) is 4.96. The second-order valence-corrected chi connectivity index (χ2v) is 9.50. The number of carbonyl (C=O) groups is 1. The van der Waals surface area contributed by atoms with Crippen molar-refractivity contribution in [3.05, 3.63) is 84.7 Å². The van der Waals surface area contributed by atoms with Crippen molar-refractivity contribution in [2.45, 2.75) is 39.5 Å². The number of para-hydroxylation sites is 1. The summed E-state index contributed by atoms with van der Waals surface area (Å²) in [6.07, 6.45) is 1.32. The maximum Gasteiger partial charge on any atom is 0.257 e. The number of Topliss-reactive ketones (excluding diaryl/α,β-unsaturated/α-hetero) is 1. The molecule has 0 unspecified atom stereocenters. The van der Waals surface area contributed by atoms with Gasteiger partial charge in [-0.05, 0) is 60.4 Å². The predicted octanol–water partition coefficient (Wildman–Crippen LogP) is 7.40. The summed E-state index contributed by atoms with van der Waals surface area (Å²) >= 11 is 6.80. The van der Waals surface area contributed by atoms with Crippen LogP contribution < -0.4 is 5.56 Å². The zero-order chi connectivity index (χ0) is 22.7. The summed E-state index contributed by atoms with van der Waals surface area (Å²) in [6.45, 7) is 8.44. The first kappa shape index (κ1) is 23.4. The molecule has 0 radical (unpaired) electrons. The molecule has 160 valence electrons. The molecule has 0 saturated carbocycles. The van der Waals surface area contributed by atoms with Crippen LogP contribution in [-0.2, 0) is 0 Å². The second kappa shape index (κ2) is 9.88. The van der Waals surface area contributed by atoms with E-state index in [-0.39, 0.29) is 28.7 Å². The lowest BCUT2D eigenvalue weighted by Gasteiger charge is -2.16. The van der Waals surface area contributed by atoms with Gasteiger partial charge in [-0.15, -0.1) is 0 Å². The van der Waals surface area contributed by atoms with E-state index in [4.69, 9.17) is 0 Å². The van der Waals surface area contributed by atoms with Gasteiger partial charge in [-0.25, -0.2) is 0 Å². The van der Waals surface area contributed by atoms with Crippen molar-refractivity contribution >= 4 is 49.5 Å². The summed E-state index contributed by atoms with van der Waals surface area (Å²) in [6, 6.07) is 15.3. The fraction of sp³-hybridized carbons (Fsp3) is 0.240. The quantitative estimate of drug-likeness (QED) is 0.200. The minimum absolute atomic E-state index is 0.265. The molecule has 3 rings (SSSR count). The number of H-pyrrole nitrogens is 1. The summed E-state index contributed by atoms with van der Waals surface area (Å²) < 4.78 is 0.906. The number of aliphatic imine (C=N–C) groups is 1. The van der Waals surface area contributed by atoms with E-state index in [1.165, 1.54) is 6.21 Å². The smallest absolute Gasteiger partial charge is 0.257 e. The SMILES string of the molecule is CC(C)c1cccc(C(C)C)c1N=CC(=O)c1c(Br)c(Br)[nH]c(=O)c1-c1ccccc1. The first-order valence-corrected chi connectivity index (χ1v) is 11.7. The summed E-state index contributed by atoms with van der Waals surface area (Å²) in [7, 11) is 0. The largest absolute Gasteiger partial charge is 0.315 e. The number of nitrogens with zero attached hydrogens (tertiary/aromatic N) is 1. The van der Waals surface area contributed by atoms with Crippen LogP contribution in [0.2, 0.25) is 0 Å². The van der Waals surface area contributed by atoms with Crippen LogP contribution in [0.3, 0.4) is 0 Å². The number of benzene rings is 2. The Morgan fingerprint density at radius 2 is 1.52 bits per heavy atom. The molecular weight excluding hydrogens is 520 g/mol. The number of hydrogen-bond acceptors (Lipinski definition) is 3. The van der Waals surface area contributed by atoms with Gasteiger partial charge < -0.3 is 4.98 Å². The number of nitrogens with one attached hydrogen (secondary N) is 1. The van der Waals surface area contributed by atoms with E-state index < -0.39 is 0 Å². The van der Waals surface area contributed by atoms with Gasteiger partial charge in [0.15, 0.2) is 0 Å². The minimum atomic E-state index is -0.344. The standard InChI is InChI=1S/C25H24Br2N2O2/c1-14(2)17-11-8-12-18(15(3)4)23(17)28-13-19(30)21-20(16-9-6-5-7-10-16)25(31)29-24(27)22(21)26/h5-15H,1-4H3,(H,29,31). The number of aromatic amines is 1. The Morgan fingerprint density at radius 3 is 2.06 bits per heavy atom. The molecule has 0 spiro atoms. The van der Waals surface area contributed by atoms with E-state index in [9.17, 15) is 9.59 Å². The molecule has 1 N–H and O–H groups in total. The third-order valence-corrected chi connectivity index (χ3v) is 6.99. The van der Waals surface area contributed by atoms with Crippen LogP contribution in [0.5, 0.6) is 0 Å². The molecule has 1 aromatic heterocycles. The van der Waals surface area contributed by atoms with Gasteiger partial charge in [0.1, 0.15) is 4.60 Å². The van der Waals surface area contributed by atoms with Crippen molar-refractivity contribution in [1.82, 2.24) is 4.98 Å². The van der Waals surface area contributed by atoms with E-state index in [1.807, 2.05) is 48.5 Å². The molecule has 0 fully saturated rings. The highest BCUT2D eigenvalue weighted by Crippen LogP contribution is 2.35. The van der Waals surface area contributed by atoms with Crippen molar-refractivity contribution < 1.29 is 4.79 Å². The number of aromatic nitrogens is 1. The van der Waals surface area contributed by atoms with E-state index in [0.717, 1.165) is 16.8 Å². The number of ketones is 1. The third-order valence-electron chi connectivity index (χ3n) is 5.07. The number of carbonyl (C=O) groups excluding carboxylic acids is 1. The lowest BCUT2D eigenvalue weighted by atomic mass is 9.93. The van der Waals surface area contributed by atoms with Gasteiger partial charge in [-0.2, -0.15) is 0 Å². The highest BCUT2D eigenvalue weighted by Gasteiger charge is 2.22. The lowest BCUT2D eigenvalue weighted by Crippen LogP contribution is -2.17. The highest BCUT2D eigenvalue weighted by molar-refractivity contribution is 9.13. The Labute approximate surface area is 199 Å². The van der Waals surface area contributed by atoms with Crippen LogP contribution >= 0.6 is 31.9 Å². The number of rotatable bonds is 6. The Bertz CT molecular complexity index is 1170. The highest BCUT2D eigenvalue weighted by atomic mass is 79.9. The van der Waals surface area contributed by atoms with Crippen molar-refractivity contribution in [2.75, 3.05) is 0 Å². The molecular formula is C25H24Br2N2O2. The molecule has 0 aliphatic rings. The van der Waals surface area contributed by atoms with Crippen molar-refractivity contribution in [1.29, 1.82) is 0 Å². The molecule has 1 heterocycles. The summed E-state index contributed by atoms with van der Waals surface area (Å²) in [5.74, 6) is 0.188. The molecule has 31 heavy (non-hydrogen) atoms. The number of pyridine rings is 1. The van der Waals surface area contributed by atoms with Crippen molar-refractivity contribution in [3.8, 4) is 11.1 Å². The monoisotopic (exact) mass is 542 g/mol. The van der Waals surface area contributed by atoms with E-state index in [0.29, 0.717) is 20.2 Å². The lowest BCUT2D eigenvalue weighted by molar-refractivity contribution is 0.107. The topological polar surface area (TPSA) is 62.3 Å². The average Bonchev–Trinajstić information content (AvgIpc) is 2.74. The summed E-state index contributed by atoms with van der Waals surface area (Å²) in [5.41, 5.74) is 3.91. The van der Waals surface area contributed by atoms with Gasteiger partial charge in [0.05, 0.1) is 27.5 Å². The van der Waals surface area contributed by atoms with E-state index in [2.05, 4.69) is 69.5 Å². The Morgan fingerprint density at radius 1 is 0.935 bits per heavy atom. The van der Waals surface area contributed by atoms with Crippen LogP contribution in [0.25, 0.3) is 11.1 Å². The maximum absolute atomic E-state index is 13.3. The van der Waals surface area contributed by atoms with Gasteiger partial charge in [0, 0.05) is 0 Å². The first-order valence-electron chi connectivity index (χ1n) is 10.1. The van der Waals surface area contributed by atoms with Crippen LogP contribution in [0.15, 0.2) is 67.4 Å². The minimum Gasteiger partial charge on any atom is -0.315 e. The van der Waals surface area contributed by atoms with E-state index >= 15 is 0 Å². The summed E-state index contributed by atoms with van der Waals surface area (Å²) in [5, 5.41) is 0. The van der Waals surface area contributed by atoms with Gasteiger partial charge in [0.2, 0.25) is 5.78 Å². The predicted molar refractivity (Wildman–Crippen MR) is 135 cm³/mol. The molecule has 4 nitrogen and oxygen atoms in total. The molecule has 0 aliphatic carbocycles. The first-order chi connectivity index (χ1) is 14.7. The molecule has 3 aromatic rings. The Hall–Kier alpha value is -2.31. The zero-order valence-electron chi connectivity index (χ0n) is 17.9. The fourth-order valence-corrected chi connectivity index (χ4v) is 4.38. The number of halogens is 2. The Kier molecular flexibility index (Phi) is 7.44. The van der Waals surface area contributed by atoms with Crippen molar-refractivity contribution in [2.24, 2.45) is 4.99 Å². The number of hydrogen-bond donors (Lipinski definition) is 1. The van der Waals surface area contributed by atoms with Crippen LogP contribution in [0, 0.1) is 0 Å². The molecule has 0 amide bonds. The van der Waals surface area contributed by atoms with E-state index in [1.54, 1.807) is 0 Å². The van der Waals surface area contributed by atoms with Gasteiger partial charge in [-0.1, -0.05) is 76.2 Å². The van der Waals surface area contributed by atoms with Gasteiger partial charge in [0.25, 0.3) is 5.56 Å². The molecule has 0 bridgehead atoms. The molecule has 6 heteroatoms. The van der Waals surface area contributed by atoms with Crippen LogP contribution in [0.1, 0.15) is 61.0 Å². The van der Waals surface area contributed by atoms with Crippen LogP contribution in [-0.4, -0.2) is 17.0 Å². The van der Waals surface area contributed by atoms with Gasteiger partial charge in [-0.3, -0.25) is 14.6 Å². The molecule has 0 atom stereocenters. The van der Waals surface area contributed by atoms with Crippen molar-refractivity contribution in [3.63, 3.8) is 0 Å². The molecule has 0 aliphatic heterocycles. The molecule has 0 saturated heterocycles. The maximum atomic E-state index is 13.3. The normalized spacial score (nSPS) is 11.6.